The number of hydrogen-bond donors (Lipinski definition) is 2. The van der Waals surface area contributed by atoms with Crippen LogP contribution < -0.4 is 5.32 Å². The number of rotatable bonds is 7. The Balaban J connectivity index is 1.81. The largest absolute Gasteiger partial charge is 0.387 e. The van der Waals surface area contributed by atoms with Crippen LogP contribution in [-0.2, 0) is 13.1 Å². The molecule has 1 atom stereocenters. The van der Waals surface area contributed by atoms with Gasteiger partial charge in [-0.2, -0.15) is 0 Å². The highest BCUT2D eigenvalue weighted by Gasteiger charge is 2.07. The van der Waals surface area contributed by atoms with Crippen molar-refractivity contribution in [2.45, 2.75) is 32.5 Å². The molecule has 2 rings (SSSR count). The van der Waals surface area contributed by atoms with Crippen molar-refractivity contribution >= 4 is 0 Å². The van der Waals surface area contributed by atoms with E-state index in [1.807, 2.05) is 42.7 Å². The molecule has 0 saturated carbocycles. The van der Waals surface area contributed by atoms with E-state index in [-0.39, 0.29) is 0 Å². The second kappa shape index (κ2) is 7.07. The summed E-state index contributed by atoms with van der Waals surface area (Å²) >= 11 is 0. The Kier molecular flexibility index (Phi) is 5.12. The summed E-state index contributed by atoms with van der Waals surface area (Å²) in [6, 6.07) is 9.69. The van der Waals surface area contributed by atoms with Crippen molar-refractivity contribution in [1.29, 1.82) is 0 Å². The fourth-order valence-electron chi connectivity index (χ4n) is 2.07. The van der Waals surface area contributed by atoms with Gasteiger partial charge < -0.3 is 15.0 Å². The maximum atomic E-state index is 10.0. The lowest BCUT2D eigenvalue weighted by Crippen LogP contribution is -2.23. The highest BCUT2D eigenvalue weighted by atomic mass is 16.3. The number of benzene rings is 1. The average molecular weight is 259 g/mol. The molecule has 0 fully saturated rings. The lowest BCUT2D eigenvalue weighted by atomic mass is 10.1. The third-order valence-corrected chi connectivity index (χ3v) is 3.07. The molecule has 0 aliphatic rings. The number of aromatic nitrogens is 2. The molecule has 0 bridgehead atoms. The van der Waals surface area contributed by atoms with Crippen molar-refractivity contribution in [3.8, 4) is 0 Å². The zero-order chi connectivity index (χ0) is 13.5. The highest BCUT2D eigenvalue weighted by molar-refractivity contribution is 5.17. The van der Waals surface area contributed by atoms with Gasteiger partial charge in [0.2, 0.25) is 0 Å². The van der Waals surface area contributed by atoms with Crippen LogP contribution in [0.2, 0.25) is 0 Å². The Morgan fingerprint density at radius 2 is 2.11 bits per heavy atom. The van der Waals surface area contributed by atoms with Gasteiger partial charge in [-0.1, -0.05) is 37.3 Å². The molecule has 0 aliphatic carbocycles. The number of aliphatic hydroxyl groups is 1. The van der Waals surface area contributed by atoms with Crippen LogP contribution in [0.15, 0.2) is 42.7 Å². The Labute approximate surface area is 114 Å². The second-order valence-corrected chi connectivity index (χ2v) is 4.59. The van der Waals surface area contributed by atoms with Gasteiger partial charge >= 0.3 is 0 Å². The monoisotopic (exact) mass is 259 g/mol. The standard InChI is InChI=1S/C15H21N3O/c1-2-9-18-10-8-17-15(18)12-16-11-14(19)13-6-4-3-5-7-13/h3-8,10,14,16,19H,2,9,11-12H2,1H3. The maximum Gasteiger partial charge on any atom is 0.122 e. The first-order valence-electron chi connectivity index (χ1n) is 6.75. The molecule has 2 N–H and O–H groups in total. The van der Waals surface area contributed by atoms with Crippen LogP contribution >= 0.6 is 0 Å². The lowest BCUT2D eigenvalue weighted by molar-refractivity contribution is 0.174. The third kappa shape index (κ3) is 3.91. The van der Waals surface area contributed by atoms with E-state index in [9.17, 15) is 5.11 Å². The molecule has 0 spiro atoms. The highest BCUT2D eigenvalue weighted by Crippen LogP contribution is 2.10. The maximum absolute atomic E-state index is 10.0. The Bertz CT molecular complexity index is 481. The number of nitrogens with one attached hydrogen (secondary N) is 1. The summed E-state index contributed by atoms with van der Waals surface area (Å²) in [7, 11) is 0. The molecule has 1 heterocycles. The van der Waals surface area contributed by atoms with E-state index in [1.165, 1.54) is 0 Å². The van der Waals surface area contributed by atoms with Crippen LogP contribution in [0.4, 0.5) is 0 Å². The molecule has 102 valence electrons. The summed E-state index contributed by atoms with van der Waals surface area (Å²) in [6.07, 6.45) is 4.43. The zero-order valence-electron chi connectivity index (χ0n) is 11.3. The molecule has 1 aromatic carbocycles. The van der Waals surface area contributed by atoms with Gasteiger partial charge in [0.05, 0.1) is 12.6 Å². The van der Waals surface area contributed by atoms with E-state index in [0.717, 1.165) is 24.4 Å². The summed E-state index contributed by atoms with van der Waals surface area (Å²) in [4.78, 5) is 4.32. The van der Waals surface area contributed by atoms with Gasteiger partial charge in [0.1, 0.15) is 5.82 Å². The van der Waals surface area contributed by atoms with Gasteiger partial charge in [-0.15, -0.1) is 0 Å². The predicted octanol–water partition coefficient (Wildman–Crippen LogP) is 2.12. The minimum atomic E-state index is -0.476. The van der Waals surface area contributed by atoms with E-state index in [4.69, 9.17) is 0 Å². The number of aryl methyl sites for hydroxylation is 1. The van der Waals surface area contributed by atoms with Crippen LogP contribution in [0.1, 0.15) is 30.8 Å². The summed E-state index contributed by atoms with van der Waals surface area (Å²) in [5.41, 5.74) is 0.937. The number of aliphatic hydroxyl groups excluding tert-OH is 1. The molecule has 1 unspecified atom stereocenters. The van der Waals surface area contributed by atoms with Crippen molar-refractivity contribution in [3.05, 3.63) is 54.1 Å². The van der Waals surface area contributed by atoms with E-state index < -0.39 is 6.10 Å². The Hall–Kier alpha value is -1.65. The van der Waals surface area contributed by atoms with Gasteiger partial charge in [0.15, 0.2) is 0 Å². The van der Waals surface area contributed by atoms with Crippen LogP contribution in [0, 0.1) is 0 Å². The van der Waals surface area contributed by atoms with Crippen LogP contribution in [0.25, 0.3) is 0 Å². The second-order valence-electron chi connectivity index (χ2n) is 4.59. The number of nitrogens with zero attached hydrogens (tertiary/aromatic N) is 2. The molecule has 1 aromatic heterocycles. The average Bonchev–Trinajstić information content (AvgIpc) is 2.88. The van der Waals surface area contributed by atoms with Crippen LogP contribution in [0.3, 0.4) is 0 Å². The van der Waals surface area contributed by atoms with Gasteiger partial charge in [-0.05, 0) is 12.0 Å². The number of imidazole rings is 1. The molecule has 19 heavy (non-hydrogen) atoms. The van der Waals surface area contributed by atoms with Gasteiger partial charge in [-0.25, -0.2) is 4.98 Å². The smallest absolute Gasteiger partial charge is 0.122 e. The first kappa shape index (κ1) is 13.8. The normalized spacial score (nSPS) is 12.5. The molecular weight excluding hydrogens is 238 g/mol. The first-order chi connectivity index (χ1) is 9.31. The molecular formula is C15H21N3O. The van der Waals surface area contributed by atoms with Crippen molar-refractivity contribution in [2.75, 3.05) is 6.54 Å². The molecule has 4 nitrogen and oxygen atoms in total. The predicted molar refractivity (Wildman–Crippen MR) is 75.6 cm³/mol. The molecule has 0 radical (unpaired) electrons. The van der Waals surface area contributed by atoms with E-state index in [0.29, 0.717) is 13.1 Å². The van der Waals surface area contributed by atoms with E-state index >= 15 is 0 Å². The molecule has 4 heteroatoms. The fraction of sp³-hybridized carbons (Fsp3) is 0.400. The minimum Gasteiger partial charge on any atom is -0.387 e. The quantitative estimate of drug-likeness (QED) is 0.800. The molecule has 0 aliphatic heterocycles. The van der Waals surface area contributed by atoms with Crippen molar-refractivity contribution < 1.29 is 5.11 Å². The molecule has 2 aromatic rings. The zero-order valence-corrected chi connectivity index (χ0v) is 11.3. The first-order valence-corrected chi connectivity index (χ1v) is 6.75. The number of hydrogen-bond acceptors (Lipinski definition) is 3. The minimum absolute atomic E-state index is 0.476. The van der Waals surface area contributed by atoms with E-state index in [2.05, 4.69) is 21.8 Å². The summed E-state index contributed by atoms with van der Waals surface area (Å²) in [6.45, 7) is 4.34. The van der Waals surface area contributed by atoms with Gasteiger partial charge in [-0.3, -0.25) is 0 Å². The molecule has 0 saturated heterocycles. The topological polar surface area (TPSA) is 50.1 Å². The SMILES string of the molecule is CCCn1ccnc1CNCC(O)c1ccccc1. The Morgan fingerprint density at radius 3 is 2.84 bits per heavy atom. The van der Waals surface area contributed by atoms with Crippen LogP contribution in [0.5, 0.6) is 0 Å². The van der Waals surface area contributed by atoms with Gasteiger partial charge in [0, 0.05) is 25.5 Å². The fourth-order valence-corrected chi connectivity index (χ4v) is 2.07. The molecule has 0 amide bonds. The Morgan fingerprint density at radius 1 is 1.32 bits per heavy atom. The van der Waals surface area contributed by atoms with Crippen molar-refractivity contribution in [2.24, 2.45) is 0 Å². The van der Waals surface area contributed by atoms with Crippen molar-refractivity contribution in [1.82, 2.24) is 14.9 Å². The summed E-state index contributed by atoms with van der Waals surface area (Å²) in [5, 5.41) is 13.3. The van der Waals surface area contributed by atoms with Crippen molar-refractivity contribution in [3.63, 3.8) is 0 Å². The lowest BCUT2D eigenvalue weighted by Gasteiger charge is -2.12. The summed E-state index contributed by atoms with van der Waals surface area (Å²) in [5.74, 6) is 1.02. The summed E-state index contributed by atoms with van der Waals surface area (Å²) < 4.78 is 2.14. The van der Waals surface area contributed by atoms with Crippen LogP contribution in [-0.4, -0.2) is 21.2 Å². The van der Waals surface area contributed by atoms with Gasteiger partial charge in [0.25, 0.3) is 0 Å². The third-order valence-electron chi connectivity index (χ3n) is 3.07. The van der Waals surface area contributed by atoms with E-state index in [1.54, 1.807) is 0 Å².